The molecule has 55 heavy (non-hydrogen) atoms. The Labute approximate surface area is 326 Å². The number of nitrogens with one attached hydrogen (secondary N) is 1. The molecule has 4 saturated heterocycles. The molecule has 1 aliphatic carbocycles. The number of hydrogen-bond acceptors (Lipinski definition) is 9. The molecule has 5 aliphatic rings. The van der Waals surface area contributed by atoms with Crippen molar-refractivity contribution in [2.24, 2.45) is 17.3 Å². The van der Waals surface area contributed by atoms with E-state index in [2.05, 4.69) is 39.6 Å². The number of anilines is 1. The topological polar surface area (TPSA) is 112 Å². The number of carbonyl (C=O) groups excluding carboxylic acids is 2. The molecule has 11 nitrogen and oxygen atoms in total. The van der Waals surface area contributed by atoms with Gasteiger partial charge in [0.2, 0.25) is 5.91 Å². The van der Waals surface area contributed by atoms with Gasteiger partial charge in [0.15, 0.2) is 9.84 Å². The second-order valence-corrected chi connectivity index (χ2v) is 19.1. The fourth-order valence-corrected chi connectivity index (χ4v) is 11.9. The third-order valence-corrected chi connectivity index (χ3v) is 15.3. The summed E-state index contributed by atoms with van der Waals surface area (Å²) in [6, 6.07) is 14.4. The van der Waals surface area contributed by atoms with E-state index in [-0.39, 0.29) is 52.6 Å². The smallest absolute Gasteiger partial charge is 0.407 e. The highest BCUT2D eigenvalue weighted by Gasteiger charge is 2.53. The van der Waals surface area contributed by atoms with Gasteiger partial charge >= 0.3 is 6.09 Å². The van der Waals surface area contributed by atoms with E-state index in [4.69, 9.17) is 9.47 Å². The van der Waals surface area contributed by atoms with Crippen molar-refractivity contribution in [2.45, 2.75) is 67.1 Å². The zero-order valence-corrected chi connectivity index (χ0v) is 33.3. The number of amides is 2. The zero-order chi connectivity index (χ0) is 38.8. The molecule has 1 N–H and O–H groups in total. The molecular weight excluding hydrogens is 722 g/mol. The van der Waals surface area contributed by atoms with Crippen LogP contribution in [-0.4, -0.2) is 132 Å². The summed E-state index contributed by atoms with van der Waals surface area (Å²) in [6.07, 6.45) is 6.92. The van der Waals surface area contributed by atoms with Crippen LogP contribution in [0.25, 0.3) is 0 Å². The molecule has 7 rings (SSSR count). The van der Waals surface area contributed by atoms with Crippen LogP contribution >= 0.6 is 0 Å². The van der Waals surface area contributed by atoms with Gasteiger partial charge in [-0.3, -0.25) is 4.79 Å². The molecular formula is C42H58FN5O6S. The lowest BCUT2D eigenvalue weighted by Gasteiger charge is -2.55. The Morgan fingerprint density at radius 3 is 2.42 bits per heavy atom. The van der Waals surface area contributed by atoms with E-state index in [1.165, 1.54) is 30.6 Å². The monoisotopic (exact) mass is 779 g/mol. The third kappa shape index (κ3) is 8.31. The van der Waals surface area contributed by atoms with Crippen LogP contribution in [0.4, 0.5) is 14.9 Å². The van der Waals surface area contributed by atoms with Gasteiger partial charge in [-0.05, 0) is 118 Å². The minimum atomic E-state index is -3.71. The molecule has 0 radical (unpaired) electrons. The van der Waals surface area contributed by atoms with Crippen molar-refractivity contribution >= 4 is 27.5 Å². The summed E-state index contributed by atoms with van der Waals surface area (Å²) in [5.74, 6) is 0.0188. The number of alkyl carbamates (subject to hydrolysis) is 1. The van der Waals surface area contributed by atoms with E-state index < -0.39 is 21.2 Å². The van der Waals surface area contributed by atoms with Crippen LogP contribution in [0.15, 0.2) is 66.1 Å². The average molecular weight is 780 g/mol. The summed E-state index contributed by atoms with van der Waals surface area (Å²) in [7, 11) is -2.30. The maximum absolute atomic E-state index is 15.0. The van der Waals surface area contributed by atoms with E-state index >= 15 is 4.39 Å². The quantitative estimate of drug-likeness (QED) is 0.306. The standard InChI is InChI=1S/C42H58FN5O6S/c1-4-39(49)47-22-23-54-26-36(25-47)55(51,52)35-14-12-34(13-15-35)48-28-41(2,29-48)27-46-20-16-31(17-21-46)42(30-45-18-7-19-45,32-8-5-9-33(43)24-32)37-10-6-11-38(37)44-40(50)53-3/h4-5,8-9,12-15,24,31,36-38H,1,6-7,10-11,16-23,25-30H2,2-3H3,(H,44,50)/t36-,37-,38-,42-/m0/s1. The number of hydrogen-bond donors (Lipinski definition) is 1. The van der Waals surface area contributed by atoms with Crippen molar-refractivity contribution in [1.29, 1.82) is 0 Å². The largest absolute Gasteiger partial charge is 0.453 e. The predicted molar refractivity (Wildman–Crippen MR) is 210 cm³/mol. The molecule has 13 heteroatoms. The Hall–Kier alpha value is -3.52. The minimum Gasteiger partial charge on any atom is -0.453 e. The summed E-state index contributed by atoms with van der Waals surface area (Å²) in [5.41, 5.74) is 1.86. The first-order valence-corrected chi connectivity index (χ1v) is 21.6. The third-order valence-electron chi connectivity index (χ3n) is 13.2. The van der Waals surface area contributed by atoms with Crippen molar-refractivity contribution in [1.82, 2.24) is 20.0 Å². The van der Waals surface area contributed by atoms with Gasteiger partial charge in [-0.2, -0.15) is 0 Å². The Balaban J connectivity index is 1.00. The molecule has 4 atom stereocenters. The van der Waals surface area contributed by atoms with Crippen LogP contribution in [0.2, 0.25) is 0 Å². The Morgan fingerprint density at radius 1 is 1.02 bits per heavy atom. The fraction of sp³-hybridized carbons (Fsp3) is 0.619. The number of piperidine rings is 1. The molecule has 1 saturated carbocycles. The van der Waals surface area contributed by atoms with Crippen LogP contribution in [0, 0.1) is 23.1 Å². The summed E-state index contributed by atoms with van der Waals surface area (Å²) in [4.78, 5) is 33.9. The molecule has 2 aromatic carbocycles. The minimum absolute atomic E-state index is 0.0201. The number of carbonyl (C=O) groups is 2. The fourth-order valence-electron chi connectivity index (χ4n) is 10.4. The van der Waals surface area contributed by atoms with Crippen LogP contribution in [0.3, 0.4) is 0 Å². The van der Waals surface area contributed by atoms with E-state index in [1.807, 2.05) is 18.2 Å². The lowest BCUT2D eigenvalue weighted by atomic mass is 9.57. The highest BCUT2D eigenvalue weighted by Crippen LogP contribution is 2.52. The van der Waals surface area contributed by atoms with E-state index in [0.717, 1.165) is 95.7 Å². The van der Waals surface area contributed by atoms with Crippen molar-refractivity contribution in [2.75, 3.05) is 90.7 Å². The molecule has 300 valence electrons. The predicted octanol–water partition coefficient (Wildman–Crippen LogP) is 4.72. The normalized spacial score (nSPS) is 26.3. The van der Waals surface area contributed by atoms with E-state index in [0.29, 0.717) is 19.1 Å². The number of methoxy groups -OCH3 is 1. The van der Waals surface area contributed by atoms with Crippen molar-refractivity contribution in [3.05, 3.63) is 72.6 Å². The van der Waals surface area contributed by atoms with Gasteiger partial charge in [0.25, 0.3) is 0 Å². The number of nitrogens with zero attached hydrogens (tertiary/aromatic N) is 4. The van der Waals surface area contributed by atoms with Gasteiger partial charge in [0.1, 0.15) is 11.1 Å². The first kappa shape index (κ1) is 39.7. The lowest BCUT2D eigenvalue weighted by molar-refractivity contribution is -0.126. The molecule has 4 heterocycles. The number of likely N-dealkylation sites (tertiary alicyclic amines) is 2. The number of benzene rings is 2. The van der Waals surface area contributed by atoms with Gasteiger partial charge in [-0.1, -0.05) is 32.1 Å². The van der Waals surface area contributed by atoms with Crippen molar-refractivity contribution in [3.8, 4) is 0 Å². The van der Waals surface area contributed by atoms with Crippen LogP contribution < -0.4 is 10.2 Å². The second kappa shape index (κ2) is 16.5. The molecule has 5 fully saturated rings. The van der Waals surface area contributed by atoms with E-state index in [9.17, 15) is 18.0 Å². The van der Waals surface area contributed by atoms with Crippen molar-refractivity contribution in [3.63, 3.8) is 0 Å². The molecule has 0 bridgehead atoms. The molecule has 0 spiro atoms. The van der Waals surface area contributed by atoms with Gasteiger partial charge in [0, 0.05) is 61.8 Å². The molecule has 2 aromatic rings. The van der Waals surface area contributed by atoms with E-state index in [1.54, 1.807) is 18.2 Å². The SMILES string of the molecule is C=CC(=O)N1CCOC[C@@H](S(=O)(=O)c2ccc(N3CC(C)(CN4CCC([C@@](CN5CCC5)(c5cccc(F)c5)[C@H]5CCC[C@@H]5NC(=O)OC)CC4)C3)cc2)C1. The van der Waals surface area contributed by atoms with Crippen molar-refractivity contribution < 1.29 is 31.9 Å². The average Bonchev–Trinajstić information content (AvgIpc) is 3.46. The number of rotatable bonds is 12. The summed E-state index contributed by atoms with van der Waals surface area (Å²) < 4.78 is 52.8. The number of halogens is 1. The summed E-state index contributed by atoms with van der Waals surface area (Å²) in [6.45, 7) is 14.3. The van der Waals surface area contributed by atoms with Gasteiger partial charge < -0.3 is 34.4 Å². The van der Waals surface area contributed by atoms with Gasteiger partial charge in [-0.15, -0.1) is 0 Å². The molecule has 0 unspecified atom stereocenters. The van der Waals surface area contributed by atoms with Gasteiger partial charge in [0.05, 0.1) is 25.2 Å². The van der Waals surface area contributed by atoms with Crippen LogP contribution in [0.1, 0.15) is 51.0 Å². The maximum Gasteiger partial charge on any atom is 0.407 e. The highest BCUT2D eigenvalue weighted by atomic mass is 32.2. The summed E-state index contributed by atoms with van der Waals surface area (Å²) in [5, 5.41) is 2.34. The van der Waals surface area contributed by atoms with Crippen LogP contribution in [0.5, 0.6) is 0 Å². The zero-order valence-electron chi connectivity index (χ0n) is 32.5. The second-order valence-electron chi connectivity index (χ2n) is 16.9. The molecule has 0 aromatic heterocycles. The van der Waals surface area contributed by atoms with Gasteiger partial charge in [-0.25, -0.2) is 17.6 Å². The Morgan fingerprint density at radius 2 is 1.76 bits per heavy atom. The molecule has 2 amide bonds. The Kier molecular flexibility index (Phi) is 11.9. The lowest BCUT2D eigenvalue weighted by Crippen LogP contribution is -2.62. The van der Waals surface area contributed by atoms with Crippen LogP contribution in [-0.2, 0) is 29.5 Å². The maximum atomic E-state index is 15.0. The first-order chi connectivity index (χ1) is 26.4. The number of sulfone groups is 1. The Bertz CT molecular complexity index is 1790. The highest BCUT2D eigenvalue weighted by molar-refractivity contribution is 7.92. The molecule has 4 aliphatic heterocycles. The summed E-state index contributed by atoms with van der Waals surface area (Å²) >= 11 is 0. The first-order valence-electron chi connectivity index (χ1n) is 20.1. The number of ether oxygens (including phenoxy) is 2.